The van der Waals surface area contributed by atoms with E-state index < -0.39 is 0 Å². The molecule has 7 heteroatoms. The van der Waals surface area contributed by atoms with Crippen molar-refractivity contribution in [2.45, 2.75) is 26.2 Å². The Morgan fingerprint density at radius 1 is 1.28 bits per heavy atom. The minimum absolute atomic E-state index is 0.197. The van der Waals surface area contributed by atoms with Crippen molar-refractivity contribution in [1.29, 1.82) is 0 Å². The molecular formula is C18H21FN4OS. The second-order valence-corrected chi connectivity index (χ2v) is 6.72. The first-order chi connectivity index (χ1) is 12.2. The number of aromatic nitrogens is 2. The number of urea groups is 1. The number of aromatic amines is 1. The van der Waals surface area contributed by atoms with Gasteiger partial charge in [-0.25, -0.2) is 14.2 Å². The van der Waals surface area contributed by atoms with Crippen molar-refractivity contribution in [1.82, 2.24) is 20.6 Å². The first-order valence-electron chi connectivity index (χ1n) is 8.36. The van der Waals surface area contributed by atoms with Crippen molar-refractivity contribution >= 4 is 28.3 Å². The van der Waals surface area contributed by atoms with Crippen molar-refractivity contribution < 1.29 is 9.18 Å². The van der Waals surface area contributed by atoms with Gasteiger partial charge in [0, 0.05) is 42.0 Å². The number of carbonyl (C=O) groups excluding carboxylic acids is 1. The number of hydrogen-bond donors (Lipinski definition) is 3. The van der Waals surface area contributed by atoms with Crippen LogP contribution in [0, 0.1) is 5.82 Å². The van der Waals surface area contributed by atoms with Crippen LogP contribution in [0.2, 0.25) is 0 Å². The van der Waals surface area contributed by atoms with Crippen LogP contribution in [0.3, 0.4) is 0 Å². The van der Waals surface area contributed by atoms with Crippen LogP contribution in [0.1, 0.15) is 23.2 Å². The lowest BCUT2D eigenvalue weighted by atomic mass is 10.1. The maximum atomic E-state index is 13.4. The number of hydrogen-bond acceptors (Lipinski definition) is 3. The number of nitrogens with one attached hydrogen (secondary N) is 3. The summed E-state index contributed by atoms with van der Waals surface area (Å²) in [6.45, 7) is 3.12. The minimum atomic E-state index is -0.257. The average Bonchev–Trinajstić information content (AvgIpc) is 3.22. The van der Waals surface area contributed by atoms with E-state index in [1.54, 1.807) is 17.4 Å². The van der Waals surface area contributed by atoms with Gasteiger partial charge in [-0.3, -0.25) is 0 Å². The molecular weight excluding hydrogens is 339 g/mol. The molecule has 1 aromatic carbocycles. The number of halogens is 1. The fraction of sp³-hybridized carbons (Fsp3) is 0.333. The topological polar surface area (TPSA) is 69.8 Å². The summed E-state index contributed by atoms with van der Waals surface area (Å²) in [5.41, 5.74) is 2.91. The van der Waals surface area contributed by atoms with Gasteiger partial charge in [-0.2, -0.15) is 0 Å². The lowest BCUT2D eigenvalue weighted by molar-refractivity contribution is 0.241. The van der Waals surface area contributed by atoms with E-state index in [1.165, 1.54) is 12.1 Å². The molecule has 0 aliphatic carbocycles. The first kappa shape index (κ1) is 17.4. The fourth-order valence-corrected chi connectivity index (χ4v) is 3.44. The van der Waals surface area contributed by atoms with E-state index in [0.29, 0.717) is 19.5 Å². The number of fused-ring (bicyclic) bond motifs is 1. The number of nitrogens with zero attached hydrogens (tertiary/aromatic N) is 1. The van der Waals surface area contributed by atoms with Crippen molar-refractivity contribution in [2.75, 3.05) is 13.1 Å². The number of thiazole rings is 1. The van der Waals surface area contributed by atoms with Gasteiger partial charge in [-0.1, -0.05) is 6.92 Å². The molecule has 0 atom stereocenters. The standard InChI is InChI=1S/C18H21FN4OS/c1-2-17-23-14(11-25-17)6-8-21-18(24)20-7-5-12-10-22-16-4-3-13(19)9-15(12)16/h3-4,9-11,22H,2,5-8H2,1H3,(H2,20,21,24). The maximum Gasteiger partial charge on any atom is 0.314 e. The van der Waals surface area contributed by atoms with Gasteiger partial charge >= 0.3 is 6.03 Å². The first-order valence-corrected chi connectivity index (χ1v) is 9.24. The number of carbonyl (C=O) groups is 1. The van der Waals surface area contributed by atoms with E-state index in [4.69, 9.17) is 0 Å². The Kier molecular flexibility index (Phi) is 5.65. The Labute approximate surface area is 149 Å². The minimum Gasteiger partial charge on any atom is -0.361 e. The zero-order valence-corrected chi connectivity index (χ0v) is 14.9. The summed E-state index contributed by atoms with van der Waals surface area (Å²) in [5.74, 6) is -0.257. The molecule has 5 nitrogen and oxygen atoms in total. The van der Waals surface area contributed by atoms with Gasteiger partial charge in [-0.15, -0.1) is 11.3 Å². The molecule has 0 unspecified atom stereocenters. The smallest absolute Gasteiger partial charge is 0.314 e. The molecule has 0 radical (unpaired) electrons. The Bertz CT molecular complexity index is 858. The van der Waals surface area contributed by atoms with Crippen LogP contribution in [0.4, 0.5) is 9.18 Å². The van der Waals surface area contributed by atoms with E-state index in [0.717, 1.165) is 40.0 Å². The molecule has 2 heterocycles. The molecule has 25 heavy (non-hydrogen) atoms. The highest BCUT2D eigenvalue weighted by molar-refractivity contribution is 7.09. The summed E-state index contributed by atoms with van der Waals surface area (Å²) in [4.78, 5) is 19.4. The largest absolute Gasteiger partial charge is 0.361 e. The van der Waals surface area contributed by atoms with Crippen LogP contribution in [-0.4, -0.2) is 29.1 Å². The Morgan fingerprint density at radius 3 is 2.84 bits per heavy atom. The Balaban J connectivity index is 1.40. The normalized spacial score (nSPS) is 11.0. The van der Waals surface area contributed by atoms with Gasteiger partial charge in [-0.05, 0) is 36.6 Å². The van der Waals surface area contributed by atoms with E-state index in [-0.39, 0.29) is 11.8 Å². The van der Waals surface area contributed by atoms with Crippen LogP contribution in [0.25, 0.3) is 10.9 Å². The fourth-order valence-electron chi connectivity index (χ4n) is 2.66. The molecule has 2 amide bonds. The molecule has 0 saturated carbocycles. The van der Waals surface area contributed by atoms with Crippen LogP contribution in [0.5, 0.6) is 0 Å². The maximum absolute atomic E-state index is 13.4. The number of amides is 2. The SMILES string of the molecule is CCc1nc(CCNC(=O)NCCc2c[nH]c3ccc(F)cc23)cs1. The molecule has 3 aromatic rings. The van der Waals surface area contributed by atoms with Gasteiger partial charge < -0.3 is 15.6 Å². The third-order valence-corrected chi connectivity index (χ3v) is 5.02. The van der Waals surface area contributed by atoms with E-state index >= 15 is 0 Å². The van der Waals surface area contributed by atoms with Gasteiger partial charge in [0.05, 0.1) is 10.7 Å². The number of aryl methyl sites for hydroxylation is 1. The summed E-state index contributed by atoms with van der Waals surface area (Å²) >= 11 is 1.65. The highest BCUT2D eigenvalue weighted by atomic mass is 32.1. The summed E-state index contributed by atoms with van der Waals surface area (Å²) in [5, 5.41) is 9.67. The van der Waals surface area contributed by atoms with Gasteiger partial charge in [0.1, 0.15) is 5.82 Å². The van der Waals surface area contributed by atoms with Crippen molar-refractivity contribution in [3.8, 4) is 0 Å². The highest BCUT2D eigenvalue weighted by Crippen LogP contribution is 2.19. The lowest BCUT2D eigenvalue weighted by Crippen LogP contribution is -2.37. The van der Waals surface area contributed by atoms with Gasteiger partial charge in [0.2, 0.25) is 0 Å². The van der Waals surface area contributed by atoms with Crippen molar-refractivity contribution in [2.24, 2.45) is 0 Å². The Hall–Kier alpha value is -2.41. The summed E-state index contributed by atoms with van der Waals surface area (Å²) in [6.07, 6.45) is 4.17. The average molecular weight is 360 g/mol. The molecule has 3 rings (SSSR count). The Morgan fingerprint density at radius 2 is 2.08 bits per heavy atom. The molecule has 0 bridgehead atoms. The molecule has 3 N–H and O–H groups in total. The summed E-state index contributed by atoms with van der Waals surface area (Å²) in [7, 11) is 0. The molecule has 132 valence electrons. The van der Waals surface area contributed by atoms with E-state index in [9.17, 15) is 9.18 Å². The van der Waals surface area contributed by atoms with Crippen LogP contribution in [0.15, 0.2) is 29.8 Å². The quantitative estimate of drug-likeness (QED) is 0.604. The zero-order chi connectivity index (χ0) is 17.6. The van der Waals surface area contributed by atoms with Crippen molar-refractivity contribution in [3.63, 3.8) is 0 Å². The van der Waals surface area contributed by atoms with Gasteiger partial charge in [0.25, 0.3) is 0 Å². The predicted octanol–water partition coefficient (Wildman–Crippen LogP) is 3.41. The number of rotatable bonds is 7. The molecule has 0 spiro atoms. The lowest BCUT2D eigenvalue weighted by Gasteiger charge is -2.06. The number of benzene rings is 1. The molecule has 0 fully saturated rings. The van der Waals surface area contributed by atoms with Crippen LogP contribution < -0.4 is 10.6 Å². The molecule has 0 aliphatic rings. The second kappa shape index (κ2) is 8.11. The highest BCUT2D eigenvalue weighted by Gasteiger charge is 2.06. The predicted molar refractivity (Wildman–Crippen MR) is 98.6 cm³/mol. The summed E-state index contributed by atoms with van der Waals surface area (Å²) in [6, 6.07) is 4.47. The van der Waals surface area contributed by atoms with E-state index in [2.05, 4.69) is 27.5 Å². The van der Waals surface area contributed by atoms with Crippen LogP contribution in [-0.2, 0) is 19.3 Å². The van der Waals surface area contributed by atoms with Crippen molar-refractivity contribution in [3.05, 3.63) is 51.9 Å². The van der Waals surface area contributed by atoms with E-state index in [1.807, 2.05) is 11.6 Å². The summed E-state index contributed by atoms with van der Waals surface area (Å²) < 4.78 is 13.4. The third kappa shape index (κ3) is 4.57. The number of H-pyrrole nitrogens is 1. The monoisotopic (exact) mass is 360 g/mol. The molecule has 0 aliphatic heterocycles. The molecule has 2 aromatic heterocycles. The second-order valence-electron chi connectivity index (χ2n) is 5.77. The zero-order valence-electron chi connectivity index (χ0n) is 14.1. The van der Waals surface area contributed by atoms with Gasteiger partial charge in [0.15, 0.2) is 0 Å². The molecule has 0 saturated heterocycles. The third-order valence-electron chi connectivity index (χ3n) is 3.98. The van der Waals surface area contributed by atoms with Crippen LogP contribution >= 0.6 is 11.3 Å².